The molecule has 1 heterocycles. The Hall–Kier alpha value is -3.21. The van der Waals surface area contributed by atoms with E-state index in [1.54, 1.807) is 36.4 Å². The third-order valence-corrected chi connectivity index (χ3v) is 3.88. The van der Waals surface area contributed by atoms with Crippen molar-refractivity contribution in [1.82, 2.24) is 10.2 Å². The summed E-state index contributed by atoms with van der Waals surface area (Å²) in [7, 11) is 0. The first-order chi connectivity index (χ1) is 12.6. The number of allylic oxidation sites excluding steroid dienone is 1. The number of hydrogen-bond donors (Lipinski definition) is 1. The molecule has 132 valence electrons. The second-order valence-corrected chi connectivity index (χ2v) is 5.85. The highest BCUT2D eigenvalue weighted by molar-refractivity contribution is 6.06. The molecule has 0 spiro atoms. The summed E-state index contributed by atoms with van der Waals surface area (Å²) in [6.07, 6.45) is 3.10. The van der Waals surface area contributed by atoms with Gasteiger partial charge < -0.3 is 4.74 Å². The maximum absolute atomic E-state index is 14.2. The van der Waals surface area contributed by atoms with Gasteiger partial charge in [-0.3, -0.25) is 9.89 Å². The molecule has 0 aliphatic rings. The summed E-state index contributed by atoms with van der Waals surface area (Å²) in [5.41, 5.74) is 3.17. The molecule has 4 nitrogen and oxygen atoms in total. The van der Waals surface area contributed by atoms with Gasteiger partial charge in [0.1, 0.15) is 11.6 Å². The SMILES string of the molecule is CCOc1ccc(-c2cc(C=CC(=O)c3ccc(C)cc3)[nH]n2)c(F)c1. The molecule has 0 bridgehead atoms. The number of carbonyl (C=O) groups is 1. The minimum absolute atomic E-state index is 0.103. The highest BCUT2D eigenvalue weighted by Gasteiger charge is 2.10. The van der Waals surface area contributed by atoms with Crippen LogP contribution in [0.1, 0.15) is 28.5 Å². The monoisotopic (exact) mass is 350 g/mol. The summed E-state index contributed by atoms with van der Waals surface area (Å²) in [4.78, 5) is 12.2. The van der Waals surface area contributed by atoms with E-state index < -0.39 is 5.82 Å². The Balaban J connectivity index is 1.75. The molecule has 1 N–H and O–H groups in total. The fourth-order valence-corrected chi connectivity index (χ4v) is 2.50. The average Bonchev–Trinajstić information content (AvgIpc) is 3.09. The number of carbonyl (C=O) groups excluding carboxylic acids is 1. The lowest BCUT2D eigenvalue weighted by atomic mass is 10.1. The number of rotatable bonds is 6. The topological polar surface area (TPSA) is 55.0 Å². The first-order valence-corrected chi connectivity index (χ1v) is 8.34. The minimum atomic E-state index is -0.409. The van der Waals surface area contributed by atoms with Crippen molar-refractivity contribution < 1.29 is 13.9 Å². The van der Waals surface area contributed by atoms with Gasteiger partial charge in [-0.1, -0.05) is 29.8 Å². The molecule has 0 fully saturated rings. The zero-order valence-corrected chi connectivity index (χ0v) is 14.6. The van der Waals surface area contributed by atoms with Gasteiger partial charge in [0, 0.05) is 17.2 Å². The quantitative estimate of drug-likeness (QED) is 0.512. The van der Waals surface area contributed by atoms with E-state index in [1.807, 2.05) is 26.0 Å². The number of benzene rings is 2. The largest absolute Gasteiger partial charge is 0.494 e. The van der Waals surface area contributed by atoms with Crippen molar-refractivity contribution in [2.24, 2.45) is 0 Å². The molecule has 0 aliphatic carbocycles. The number of halogens is 1. The molecule has 0 unspecified atom stereocenters. The maximum Gasteiger partial charge on any atom is 0.185 e. The van der Waals surface area contributed by atoms with Gasteiger partial charge in [0.2, 0.25) is 0 Å². The van der Waals surface area contributed by atoms with Gasteiger partial charge in [-0.15, -0.1) is 0 Å². The van der Waals surface area contributed by atoms with Gasteiger partial charge in [-0.2, -0.15) is 5.10 Å². The maximum atomic E-state index is 14.2. The van der Waals surface area contributed by atoms with Crippen LogP contribution in [0.5, 0.6) is 5.75 Å². The Kier molecular flexibility index (Phi) is 5.27. The number of aromatic amines is 1. The fourth-order valence-electron chi connectivity index (χ4n) is 2.50. The van der Waals surface area contributed by atoms with Gasteiger partial charge in [-0.25, -0.2) is 4.39 Å². The standard InChI is InChI=1S/C21H19FN2O2/c1-3-26-17-9-10-18(19(22)13-17)20-12-16(23-24-20)8-11-21(25)15-6-4-14(2)5-7-15/h4-13H,3H2,1-2H3,(H,23,24). The first kappa shape index (κ1) is 17.6. The van der Waals surface area contributed by atoms with E-state index in [2.05, 4.69) is 10.2 Å². The van der Waals surface area contributed by atoms with Gasteiger partial charge >= 0.3 is 0 Å². The number of H-pyrrole nitrogens is 1. The third kappa shape index (κ3) is 4.06. The van der Waals surface area contributed by atoms with Gasteiger partial charge in [0.05, 0.1) is 18.0 Å². The van der Waals surface area contributed by atoms with E-state index in [0.717, 1.165) is 5.56 Å². The molecule has 0 saturated heterocycles. The molecule has 1 aromatic heterocycles. The summed E-state index contributed by atoms with van der Waals surface area (Å²) in [6.45, 7) is 4.29. The zero-order valence-electron chi connectivity index (χ0n) is 14.6. The van der Waals surface area contributed by atoms with Crippen LogP contribution in [0.3, 0.4) is 0 Å². The van der Waals surface area contributed by atoms with Crippen LogP contribution in [0, 0.1) is 12.7 Å². The van der Waals surface area contributed by atoms with Crippen LogP contribution in [0.4, 0.5) is 4.39 Å². The molecule has 26 heavy (non-hydrogen) atoms. The molecule has 0 amide bonds. The van der Waals surface area contributed by atoms with Crippen molar-refractivity contribution in [3.05, 3.63) is 77.2 Å². The van der Waals surface area contributed by atoms with Crippen molar-refractivity contribution in [3.8, 4) is 17.0 Å². The van der Waals surface area contributed by atoms with E-state index in [1.165, 1.54) is 12.1 Å². The number of ketones is 1. The Morgan fingerprint density at radius 1 is 1.19 bits per heavy atom. The van der Waals surface area contributed by atoms with Gasteiger partial charge in [-0.05, 0) is 44.2 Å². The van der Waals surface area contributed by atoms with E-state index in [-0.39, 0.29) is 5.78 Å². The van der Waals surface area contributed by atoms with Crippen LogP contribution >= 0.6 is 0 Å². The van der Waals surface area contributed by atoms with Crippen LogP contribution in [-0.2, 0) is 0 Å². The summed E-state index contributed by atoms with van der Waals surface area (Å²) in [5.74, 6) is -0.0322. The molecule has 3 aromatic rings. The third-order valence-electron chi connectivity index (χ3n) is 3.88. The Bertz CT molecular complexity index is 943. The lowest BCUT2D eigenvalue weighted by Gasteiger charge is -2.04. The molecular formula is C21H19FN2O2. The second kappa shape index (κ2) is 7.78. The van der Waals surface area contributed by atoms with Crippen molar-refractivity contribution in [1.29, 1.82) is 0 Å². The lowest BCUT2D eigenvalue weighted by Crippen LogP contribution is -1.93. The van der Waals surface area contributed by atoms with E-state index in [0.29, 0.717) is 34.9 Å². The Morgan fingerprint density at radius 3 is 2.65 bits per heavy atom. The van der Waals surface area contributed by atoms with Crippen molar-refractivity contribution in [3.63, 3.8) is 0 Å². The van der Waals surface area contributed by atoms with Crippen LogP contribution in [0.25, 0.3) is 17.3 Å². The zero-order chi connectivity index (χ0) is 18.5. The molecule has 0 aliphatic heterocycles. The van der Waals surface area contributed by atoms with Crippen LogP contribution in [0.2, 0.25) is 0 Å². The van der Waals surface area contributed by atoms with Crippen LogP contribution < -0.4 is 4.74 Å². The molecule has 0 atom stereocenters. The predicted octanol–water partition coefficient (Wildman–Crippen LogP) is 4.82. The lowest BCUT2D eigenvalue weighted by molar-refractivity contribution is 0.104. The normalized spacial score (nSPS) is 11.0. The molecule has 0 radical (unpaired) electrons. The molecule has 2 aromatic carbocycles. The number of hydrogen-bond acceptors (Lipinski definition) is 3. The fraction of sp³-hybridized carbons (Fsp3) is 0.143. The van der Waals surface area contributed by atoms with E-state index >= 15 is 0 Å². The average molecular weight is 350 g/mol. The number of nitrogens with zero attached hydrogens (tertiary/aromatic N) is 1. The highest BCUT2D eigenvalue weighted by atomic mass is 19.1. The minimum Gasteiger partial charge on any atom is -0.494 e. The second-order valence-electron chi connectivity index (χ2n) is 5.85. The molecule has 0 saturated carbocycles. The molecular weight excluding hydrogens is 331 g/mol. The van der Waals surface area contributed by atoms with Crippen LogP contribution in [0.15, 0.2) is 54.6 Å². The Morgan fingerprint density at radius 2 is 1.96 bits per heavy atom. The first-order valence-electron chi connectivity index (χ1n) is 8.34. The van der Waals surface area contributed by atoms with E-state index in [9.17, 15) is 9.18 Å². The summed E-state index contributed by atoms with van der Waals surface area (Å²) >= 11 is 0. The summed E-state index contributed by atoms with van der Waals surface area (Å²) in [5, 5.41) is 6.92. The summed E-state index contributed by atoms with van der Waals surface area (Å²) < 4.78 is 19.5. The number of aromatic nitrogens is 2. The summed E-state index contributed by atoms with van der Waals surface area (Å²) in [6, 6.07) is 13.7. The molecule has 5 heteroatoms. The van der Waals surface area contributed by atoms with Gasteiger partial charge in [0.15, 0.2) is 5.78 Å². The van der Waals surface area contributed by atoms with Crippen molar-refractivity contribution in [2.45, 2.75) is 13.8 Å². The number of aryl methyl sites for hydroxylation is 1. The Labute approximate surface area is 151 Å². The number of ether oxygens (including phenoxy) is 1. The predicted molar refractivity (Wildman–Crippen MR) is 99.7 cm³/mol. The molecule has 3 rings (SSSR count). The number of nitrogens with one attached hydrogen (secondary N) is 1. The van der Waals surface area contributed by atoms with Gasteiger partial charge in [0.25, 0.3) is 0 Å². The van der Waals surface area contributed by atoms with Crippen molar-refractivity contribution >= 4 is 11.9 Å². The smallest absolute Gasteiger partial charge is 0.185 e. The highest BCUT2D eigenvalue weighted by Crippen LogP contribution is 2.25. The van der Waals surface area contributed by atoms with E-state index in [4.69, 9.17) is 4.74 Å². The van der Waals surface area contributed by atoms with Crippen LogP contribution in [-0.4, -0.2) is 22.6 Å². The van der Waals surface area contributed by atoms with Crippen molar-refractivity contribution in [2.75, 3.05) is 6.61 Å².